The van der Waals surface area contributed by atoms with Gasteiger partial charge in [-0.2, -0.15) is 0 Å². The van der Waals surface area contributed by atoms with Gasteiger partial charge >= 0.3 is 0 Å². The highest BCUT2D eigenvalue weighted by atomic mass is 16.1. The second-order valence-corrected chi connectivity index (χ2v) is 8.91. The Morgan fingerprint density at radius 3 is 1.58 bits per heavy atom. The maximum absolute atomic E-state index is 11.8. The van der Waals surface area contributed by atoms with Crippen molar-refractivity contribution < 1.29 is 9.59 Å². The summed E-state index contributed by atoms with van der Waals surface area (Å²) in [7, 11) is 3.98. The Balaban J connectivity index is 0.000000311. The fraction of sp³-hybridized carbons (Fsp3) is 0.481. The summed E-state index contributed by atoms with van der Waals surface area (Å²) in [4.78, 5) is 27.5. The molecule has 31 heavy (non-hydrogen) atoms. The molecule has 1 atom stereocenters. The zero-order valence-corrected chi connectivity index (χ0v) is 20.3. The van der Waals surface area contributed by atoms with Crippen LogP contribution in [0, 0.1) is 11.8 Å². The molecule has 170 valence electrons. The molecule has 2 aromatic carbocycles. The van der Waals surface area contributed by atoms with Crippen LogP contribution in [0.1, 0.15) is 45.7 Å². The highest BCUT2D eigenvalue weighted by molar-refractivity contribution is 5.85. The summed E-state index contributed by atoms with van der Waals surface area (Å²) in [6.45, 7) is 12.0. The fourth-order valence-corrected chi connectivity index (χ4v) is 3.11. The van der Waals surface area contributed by atoms with Crippen LogP contribution in [0.5, 0.6) is 0 Å². The van der Waals surface area contributed by atoms with Gasteiger partial charge in [0.2, 0.25) is 0 Å². The third-order valence-electron chi connectivity index (χ3n) is 5.28. The lowest BCUT2D eigenvalue weighted by Crippen LogP contribution is -2.37. The lowest BCUT2D eigenvalue weighted by Gasteiger charge is -2.24. The monoisotopic (exact) mass is 424 g/mol. The molecule has 0 amide bonds. The Labute approximate surface area is 189 Å². The summed E-state index contributed by atoms with van der Waals surface area (Å²) in [5.74, 6) is 0.836. The molecule has 0 heterocycles. The van der Waals surface area contributed by atoms with Crippen molar-refractivity contribution in [2.75, 3.05) is 20.6 Å². The summed E-state index contributed by atoms with van der Waals surface area (Å²) in [6.07, 6.45) is 0. The van der Waals surface area contributed by atoms with E-state index in [1.165, 1.54) is 11.1 Å². The topological polar surface area (TPSA) is 40.6 Å². The summed E-state index contributed by atoms with van der Waals surface area (Å²) in [5, 5.41) is 0. The summed E-state index contributed by atoms with van der Waals surface area (Å²) in [6, 6.07) is 20.4. The Morgan fingerprint density at radius 2 is 1.16 bits per heavy atom. The second-order valence-electron chi connectivity index (χ2n) is 8.91. The first-order valence-electron chi connectivity index (χ1n) is 11.1. The molecule has 0 aliphatic rings. The molecule has 0 aliphatic heterocycles. The maximum atomic E-state index is 11.8. The van der Waals surface area contributed by atoms with Crippen molar-refractivity contribution in [3.8, 4) is 0 Å². The first kappa shape index (κ1) is 26.7. The number of hydrogen-bond acceptors (Lipinski definition) is 4. The van der Waals surface area contributed by atoms with Crippen molar-refractivity contribution in [1.82, 2.24) is 9.80 Å². The van der Waals surface area contributed by atoms with Crippen LogP contribution in [-0.2, 0) is 22.7 Å². The van der Waals surface area contributed by atoms with Crippen molar-refractivity contribution >= 4 is 11.6 Å². The fourth-order valence-electron chi connectivity index (χ4n) is 3.11. The van der Waals surface area contributed by atoms with E-state index in [4.69, 9.17) is 0 Å². The van der Waals surface area contributed by atoms with Crippen LogP contribution in [0.25, 0.3) is 0 Å². The van der Waals surface area contributed by atoms with Crippen molar-refractivity contribution in [2.45, 2.75) is 53.8 Å². The number of nitrogens with zero attached hydrogens (tertiary/aromatic N) is 2. The Hall–Kier alpha value is -2.30. The molecule has 0 fully saturated rings. The maximum Gasteiger partial charge on any atom is 0.152 e. The van der Waals surface area contributed by atoms with Crippen molar-refractivity contribution in [3.63, 3.8) is 0 Å². The van der Waals surface area contributed by atoms with Gasteiger partial charge in [0.05, 0.1) is 12.6 Å². The molecule has 0 radical (unpaired) electrons. The lowest BCUT2D eigenvalue weighted by atomic mass is 10.0. The van der Waals surface area contributed by atoms with Gasteiger partial charge in [-0.05, 0) is 32.1 Å². The number of benzene rings is 2. The summed E-state index contributed by atoms with van der Waals surface area (Å²) < 4.78 is 0. The number of carbonyl (C=O) groups excluding carboxylic acids is 2. The quantitative estimate of drug-likeness (QED) is 0.534. The molecular weight excluding hydrogens is 384 g/mol. The zero-order chi connectivity index (χ0) is 23.4. The second kappa shape index (κ2) is 13.9. The van der Waals surface area contributed by atoms with E-state index >= 15 is 0 Å². The van der Waals surface area contributed by atoms with E-state index in [1.54, 1.807) is 0 Å². The first-order valence-corrected chi connectivity index (χ1v) is 11.1. The highest BCUT2D eigenvalue weighted by Crippen LogP contribution is 2.10. The van der Waals surface area contributed by atoms with Gasteiger partial charge in [-0.3, -0.25) is 19.4 Å². The third-order valence-corrected chi connectivity index (χ3v) is 5.28. The van der Waals surface area contributed by atoms with Crippen molar-refractivity contribution in [3.05, 3.63) is 71.8 Å². The Bertz CT molecular complexity index is 772. The van der Waals surface area contributed by atoms with Gasteiger partial charge in [-0.1, -0.05) is 88.4 Å². The van der Waals surface area contributed by atoms with Gasteiger partial charge in [0.1, 0.15) is 5.78 Å². The molecule has 0 saturated carbocycles. The predicted octanol–water partition coefficient (Wildman–Crippen LogP) is 5.08. The molecule has 0 bridgehead atoms. The predicted molar refractivity (Wildman–Crippen MR) is 130 cm³/mol. The number of hydrogen-bond donors (Lipinski definition) is 0. The van der Waals surface area contributed by atoms with Gasteiger partial charge in [-0.25, -0.2) is 0 Å². The zero-order valence-electron chi connectivity index (χ0n) is 20.3. The molecule has 0 unspecified atom stereocenters. The average Bonchev–Trinajstić information content (AvgIpc) is 2.74. The molecule has 0 spiro atoms. The number of Topliss-reactive ketones (excluding diaryl/α,β-unsaturated/α-hetero) is 2. The molecule has 4 nitrogen and oxygen atoms in total. The van der Waals surface area contributed by atoms with Crippen LogP contribution in [0.3, 0.4) is 0 Å². The largest absolute Gasteiger partial charge is 0.298 e. The van der Waals surface area contributed by atoms with E-state index in [9.17, 15) is 9.59 Å². The van der Waals surface area contributed by atoms with E-state index in [-0.39, 0.29) is 17.9 Å². The number of likely N-dealkylation sites (N-methyl/N-ethyl adjacent to an activating group) is 2. The van der Waals surface area contributed by atoms with Gasteiger partial charge in [-0.15, -0.1) is 0 Å². The van der Waals surface area contributed by atoms with E-state index in [0.29, 0.717) is 18.1 Å². The minimum atomic E-state index is -0.0137. The van der Waals surface area contributed by atoms with Gasteiger partial charge < -0.3 is 0 Å². The highest BCUT2D eigenvalue weighted by Gasteiger charge is 2.20. The van der Waals surface area contributed by atoms with Gasteiger partial charge in [0.15, 0.2) is 5.78 Å². The number of carbonyl (C=O) groups is 2. The third kappa shape index (κ3) is 10.5. The minimum Gasteiger partial charge on any atom is -0.298 e. The molecule has 0 aromatic heterocycles. The molecule has 0 saturated heterocycles. The number of rotatable bonds is 10. The van der Waals surface area contributed by atoms with E-state index in [2.05, 4.69) is 34.1 Å². The van der Waals surface area contributed by atoms with Crippen LogP contribution in [0.2, 0.25) is 0 Å². The van der Waals surface area contributed by atoms with Crippen LogP contribution in [0.15, 0.2) is 60.7 Å². The molecule has 2 rings (SSSR count). The standard InChI is InChI=1S/C14H21NO.C13H19NO/c1-11(2)14(16)12(3)15(4)10-13-8-6-5-7-9-13;1-11(2)13(15)10-14(3)9-12-7-5-4-6-8-12/h5-9,11-12H,10H2,1-4H3;4-8,11H,9-10H2,1-3H3/t12-;/m0./s1. The van der Waals surface area contributed by atoms with Crippen molar-refractivity contribution in [1.29, 1.82) is 0 Å². The number of ketones is 2. The van der Waals surface area contributed by atoms with Crippen LogP contribution in [-0.4, -0.2) is 48.0 Å². The molecule has 0 aliphatic carbocycles. The lowest BCUT2D eigenvalue weighted by molar-refractivity contribution is -0.126. The normalized spacial score (nSPS) is 12.1. The van der Waals surface area contributed by atoms with Crippen LogP contribution in [0.4, 0.5) is 0 Å². The van der Waals surface area contributed by atoms with E-state index < -0.39 is 0 Å². The Kier molecular flexibility index (Phi) is 12.0. The Morgan fingerprint density at radius 1 is 0.710 bits per heavy atom. The SMILES string of the molecule is CC(C)C(=O)CN(C)Cc1ccccc1.CC(C)C(=O)[C@H](C)N(C)Cc1ccccc1. The smallest absolute Gasteiger partial charge is 0.152 e. The summed E-state index contributed by atoms with van der Waals surface area (Å²) >= 11 is 0. The van der Waals surface area contributed by atoms with Crippen LogP contribution < -0.4 is 0 Å². The molecule has 0 N–H and O–H groups in total. The minimum absolute atomic E-state index is 0.0137. The molecular formula is C27H40N2O2. The molecule has 4 heteroatoms. The van der Waals surface area contributed by atoms with Gasteiger partial charge in [0.25, 0.3) is 0 Å². The molecule has 2 aromatic rings. The van der Waals surface area contributed by atoms with Crippen molar-refractivity contribution in [2.24, 2.45) is 11.8 Å². The average molecular weight is 425 g/mol. The van der Waals surface area contributed by atoms with E-state index in [1.807, 2.05) is 85.1 Å². The van der Waals surface area contributed by atoms with Crippen LogP contribution >= 0.6 is 0 Å². The van der Waals surface area contributed by atoms with Gasteiger partial charge in [0, 0.05) is 24.9 Å². The first-order chi connectivity index (χ1) is 14.6. The summed E-state index contributed by atoms with van der Waals surface area (Å²) in [5.41, 5.74) is 2.49. The van der Waals surface area contributed by atoms with E-state index in [0.717, 1.165) is 13.1 Å².